The first-order chi connectivity index (χ1) is 11.1. The number of H-pyrrole nitrogens is 1. The lowest BCUT2D eigenvalue weighted by atomic mass is 10.0. The number of amides is 1. The summed E-state index contributed by atoms with van der Waals surface area (Å²) in [7, 11) is 1.88. The van der Waals surface area contributed by atoms with Crippen LogP contribution < -0.4 is 10.9 Å². The third kappa shape index (κ3) is 3.26. The maximum Gasteiger partial charge on any atom is 0.270 e. The molecule has 6 heteroatoms. The lowest BCUT2D eigenvalue weighted by Crippen LogP contribution is -2.30. The SMILES string of the molecule is CNc1cc(C)nc([C@H]2CCN(C(=O)c3cccc(=O)[nH]3)C2)c1. The number of pyridine rings is 2. The second-order valence-corrected chi connectivity index (χ2v) is 5.84. The summed E-state index contributed by atoms with van der Waals surface area (Å²) in [6.45, 7) is 3.26. The van der Waals surface area contributed by atoms with E-state index in [4.69, 9.17) is 0 Å². The third-order valence-electron chi connectivity index (χ3n) is 4.15. The first kappa shape index (κ1) is 15.3. The fourth-order valence-electron chi connectivity index (χ4n) is 2.98. The van der Waals surface area contributed by atoms with E-state index in [1.165, 1.54) is 6.07 Å². The highest BCUT2D eigenvalue weighted by atomic mass is 16.2. The fourth-order valence-corrected chi connectivity index (χ4v) is 2.98. The quantitative estimate of drug-likeness (QED) is 0.905. The standard InChI is InChI=1S/C17H20N4O2/c1-11-8-13(18-2)9-15(19-11)12-6-7-21(10-12)17(23)14-4-3-5-16(22)20-14/h3-5,8-9,12H,6-7,10H2,1-2H3,(H,18,19)(H,20,22)/t12-/m0/s1. The monoisotopic (exact) mass is 312 g/mol. The van der Waals surface area contributed by atoms with Gasteiger partial charge < -0.3 is 15.2 Å². The number of aromatic amines is 1. The van der Waals surface area contributed by atoms with E-state index in [0.717, 1.165) is 23.5 Å². The fraction of sp³-hybridized carbons (Fsp3) is 0.353. The Morgan fingerprint density at radius 2 is 2.22 bits per heavy atom. The van der Waals surface area contributed by atoms with E-state index in [1.54, 1.807) is 17.0 Å². The maximum absolute atomic E-state index is 12.5. The van der Waals surface area contributed by atoms with Crippen molar-refractivity contribution < 1.29 is 4.79 Å². The van der Waals surface area contributed by atoms with Gasteiger partial charge in [-0.3, -0.25) is 14.6 Å². The molecule has 0 saturated carbocycles. The van der Waals surface area contributed by atoms with Crippen molar-refractivity contribution in [1.82, 2.24) is 14.9 Å². The number of anilines is 1. The minimum Gasteiger partial charge on any atom is -0.388 e. The summed E-state index contributed by atoms with van der Waals surface area (Å²) in [6, 6.07) is 8.67. The van der Waals surface area contributed by atoms with Crippen molar-refractivity contribution in [3.8, 4) is 0 Å². The molecule has 1 fully saturated rings. The Kier molecular flexibility index (Phi) is 4.14. The van der Waals surface area contributed by atoms with Crippen molar-refractivity contribution in [1.29, 1.82) is 0 Å². The number of aromatic nitrogens is 2. The zero-order chi connectivity index (χ0) is 16.4. The lowest BCUT2D eigenvalue weighted by Gasteiger charge is -2.16. The van der Waals surface area contributed by atoms with Crippen molar-refractivity contribution in [2.75, 3.05) is 25.5 Å². The van der Waals surface area contributed by atoms with Gasteiger partial charge in [0.25, 0.3) is 5.91 Å². The van der Waals surface area contributed by atoms with Crippen molar-refractivity contribution in [2.45, 2.75) is 19.3 Å². The van der Waals surface area contributed by atoms with Gasteiger partial charge >= 0.3 is 0 Å². The number of likely N-dealkylation sites (tertiary alicyclic amines) is 1. The van der Waals surface area contributed by atoms with E-state index in [0.29, 0.717) is 18.8 Å². The molecular formula is C17H20N4O2. The molecule has 1 saturated heterocycles. The molecule has 2 N–H and O–H groups in total. The third-order valence-corrected chi connectivity index (χ3v) is 4.15. The van der Waals surface area contributed by atoms with E-state index in [1.807, 2.05) is 26.1 Å². The Morgan fingerprint density at radius 3 is 2.96 bits per heavy atom. The highest BCUT2D eigenvalue weighted by Gasteiger charge is 2.29. The van der Waals surface area contributed by atoms with Crippen LogP contribution in [0.15, 0.2) is 35.1 Å². The van der Waals surface area contributed by atoms with Crippen LogP contribution in [0.2, 0.25) is 0 Å². The number of nitrogens with one attached hydrogen (secondary N) is 2. The smallest absolute Gasteiger partial charge is 0.270 e. The molecular weight excluding hydrogens is 292 g/mol. The van der Waals surface area contributed by atoms with Gasteiger partial charge in [0.15, 0.2) is 0 Å². The van der Waals surface area contributed by atoms with Crippen LogP contribution in [0.4, 0.5) is 5.69 Å². The normalized spacial score (nSPS) is 17.3. The first-order valence-corrected chi connectivity index (χ1v) is 7.72. The zero-order valence-electron chi connectivity index (χ0n) is 13.3. The van der Waals surface area contributed by atoms with Gasteiger partial charge in [0.1, 0.15) is 5.69 Å². The van der Waals surface area contributed by atoms with Gasteiger partial charge in [-0.2, -0.15) is 0 Å². The molecule has 23 heavy (non-hydrogen) atoms. The minimum atomic E-state index is -0.259. The molecule has 0 spiro atoms. The van der Waals surface area contributed by atoms with Gasteiger partial charge in [0.05, 0.1) is 0 Å². The molecule has 0 unspecified atom stereocenters. The van der Waals surface area contributed by atoms with E-state index in [2.05, 4.69) is 15.3 Å². The Hall–Kier alpha value is -2.63. The van der Waals surface area contributed by atoms with Gasteiger partial charge in [-0.15, -0.1) is 0 Å². The molecule has 2 aromatic heterocycles. The van der Waals surface area contributed by atoms with Crippen molar-refractivity contribution in [3.63, 3.8) is 0 Å². The molecule has 120 valence electrons. The van der Waals surface area contributed by atoms with E-state index < -0.39 is 0 Å². The van der Waals surface area contributed by atoms with Gasteiger partial charge in [0, 0.05) is 49.2 Å². The Balaban J connectivity index is 1.77. The van der Waals surface area contributed by atoms with Crippen LogP contribution in [0.1, 0.15) is 34.2 Å². The molecule has 1 atom stereocenters. The number of aryl methyl sites for hydroxylation is 1. The second kappa shape index (κ2) is 6.24. The summed E-state index contributed by atoms with van der Waals surface area (Å²) in [5.41, 5.74) is 3.08. The van der Waals surface area contributed by atoms with Crippen molar-refractivity contribution in [2.24, 2.45) is 0 Å². The van der Waals surface area contributed by atoms with E-state index >= 15 is 0 Å². The average molecular weight is 312 g/mol. The van der Waals surface area contributed by atoms with Crippen LogP contribution in [0.25, 0.3) is 0 Å². The minimum absolute atomic E-state index is 0.133. The summed E-state index contributed by atoms with van der Waals surface area (Å²) in [4.78, 5) is 32.8. The Labute approximate surface area is 134 Å². The number of rotatable bonds is 3. The summed E-state index contributed by atoms with van der Waals surface area (Å²) >= 11 is 0. The Morgan fingerprint density at radius 1 is 1.39 bits per heavy atom. The number of nitrogens with zero attached hydrogens (tertiary/aromatic N) is 2. The maximum atomic E-state index is 12.5. The molecule has 0 aliphatic carbocycles. The molecule has 1 aliphatic rings. The first-order valence-electron chi connectivity index (χ1n) is 7.72. The van der Waals surface area contributed by atoms with E-state index in [-0.39, 0.29) is 17.4 Å². The molecule has 0 radical (unpaired) electrons. The number of hydrogen-bond acceptors (Lipinski definition) is 4. The van der Waals surface area contributed by atoms with Crippen molar-refractivity contribution in [3.05, 3.63) is 57.8 Å². The molecule has 3 heterocycles. The zero-order valence-corrected chi connectivity index (χ0v) is 13.3. The molecule has 1 amide bonds. The predicted molar refractivity (Wildman–Crippen MR) is 88.8 cm³/mol. The molecule has 6 nitrogen and oxygen atoms in total. The molecule has 3 rings (SSSR count). The van der Waals surface area contributed by atoms with Crippen LogP contribution in [0.5, 0.6) is 0 Å². The molecule has 0 bridgehead atoms. The highest BCUT2D eigenvalue weighted by molar-refractivity contribution is 5.92. The van der Waals surface area contributed by atoms with Crippen molar-refractivity contribution >= 4 is 11.6 Å². The summed E-state index contributed by atoms with van der Waals surface area (Å²) in [5, 5.41) is 3.14. The van der Waals surface area contributed by atoms with Gasteiger partial charge in [0.2, 0.25) is 5.56 Å². The van der Waals surface area contributed by atoms with E-state index in [9.17, 15) is 9.59 Å². The van der Waals surface area contributed by atoms with Crippen LogP contribution in [0, 0.1) is 6.92 Å². The number of carbonyl (C=O) groups is 1. The van der Waals surface area contributed by atoms with Crippen LogP contribution in [0.3, 0.4) is 0 Å². The van der Waals surface area contributed by atoms with Gasteiger partial charge in [-0.1, -0.05) is 6.07 Å². The Bertz CT molecular complexity index is 784. The largest absolute Gasteiger partial charge is 0.388 e. The van der Waals surface area contributed by atoms with Gasteiger partial charge in [-0.25, -0.2) is 0 Å². The highest BCUT2D eigenvalue weighted by Crippen LogP contribution is 2.28. The van der Waals surface area contributed by atoms with Crippen LogP contribution >= 0.6 is 0 Å². The lowest BCUT2D eigenvalue weighted by molar-refractivity contribution is 0.0784. The van der Waals surface area contributed by atoms with Gasteiger partial charge in [-0.05, 0) is 31.5 Å². The number of carbonyl (C=O) groups excluding carboxylic acids is 1. The summed E-state index contributed by atoms with van der Waals surface area (Å²) in [6.07, 6.45) is 0.877. The predicted octanol–water partition coefficient (Wildman–Crippen LogP) is 1.75. The second-order valence-electron chi connectivity index (χ2n) is 5.84. The summed E-state index contributed by atoms with van der Waals surface area (Å²) in [5.74, 6) is 0.0908. The molecule has 2 aromatic rings. The topological polar surface area (TPSA) is 78.1 Å². The average Bonchev–Trinajstić information content (AvgIpc) is 3.03. The van der Waals surface area contributed by atoms with Crippen LogP contribution in [-0.2, 0) is 0 Å². The summed E-state index contributed by atoms with van der Waals surface area (Å²) < 4.78 is 0. The molecule has 0 aromatic carbocycles. The number of hydrogen-bond donors (Lipinski definition) is 2. The van der Waals surface area contributed by atoms with Crippen LogP contribution in [-0.4, -0.2) is 40.9 Å². The molecule has 1 aliphatic heterocycles.